The second-order valence-electron chi connectivity index (χ2n) is 5.33. The van der Waals surface area contributed by atoms with Crippen LogP contribution >= 0.6 is 0 Å². The van der Waals surface area contributed by atoms with Crippen molar-refractivity contribution in [3.63, 3.8) is 0 Å². The number of aliphatic carboxylic acids is 1. The standard InChI is InChI=1S/C15H19NO3/c1-11(13(17)18)16-14(19)15(8-5-9-15)10-12-6-3-2-4-7-12/h2-4,6-7,11H,5,8-10H2,1H3,(H,16,19)(H,17,18). The molecule has 1 unspecified atom stereocenters. The van der Waals surface area contributed by atoms with Gasteiger partial charge in [0.15, 0.2) is 0 Å². The van der Waals surface area contributed by atoms with Crippen LogP contribution in [0.25, 0.3) is 0 Å². The molecule has 1 atom stereocenters. The molecular weight excluding hydrogens is 242 g/mol. The Kier molecular flexibility index (Phi) is 3.88. The van der Waals surface area contributed by atoms with Crippen molar-refractivity contribution in [2.45, 2.75) is 38.6 Å². The van der Waals surface area contributed by atoms with Gasteiger partial charge in [0.05, 0.1) is 5.41 Å². The lowest BCUT2D eigenvalue weighted by molar-refractivity contribution is -0.145. The molecule has 19 heavy (non-hydrogen) atoms. The highest BCUT2D eigenvalue weighted by Crippen LogP contribution is 2.44. The second-order valence-corrected chi connectivity index (χ2v) is 5.33. The first kappa shape index (κ1) is 13.6. The second kappa shape index (κ2) is 5.43. The molecule has 4 heteroatoms. The summed E-state index contributed by atoms with van der Waals surface area (Å²) in [7, 11) is 0. The fourth-order valence-electron chi connectivity index (χ4n) is 2.49. The minimum Gasteiger partial charge on any atom is -0.480 e. The van der Waals surface area contributed by atoms with Crippen LogP contribution in [-0.2, 0) is 16.0 Å². The van der Waals surface area contributed by atoms with E-state index >= 15 is 0 Å². The highest BCUT2D eigenvalue weighted by molar-refractivity contribution is 5.88. The first-order valence-corrected chi connectivity index (χ1v) is 6.61. The maximum absolute atomic E-state index is 12.3. The summed E-state index contributed by atoms with van der Waals surface area (Å²) in [5.41, 5.74) is 0.714. The van der Waals surface area contributed by atoms with Crippen molar-refractivity contribution in [2.24, 2.45) is 5.41 Å². The van der Waals surface area contributed by atoms with Crippen LogP contribution in [0, 0.1) is 5.41 Å². The predicted molar refractivity (Wildman–Crippen MR) is 71.7 cm³/mol. The molecule has 1 aromatic carbocycles. The zero-order chi connectivity index (χ0) is 13.9. The molecule has 1 aliphatic rings. The van der Waals surface area contributed by atoms with Crippen molar-refractivity contribution in [3.05, 3.63) is 35.9 Å². The number of carbonyl (C=O) groups excluding carboxylic acids is 1. The zero-order valence-electron chi connectivity index (χ0n) is 11.1. The van der Waals surface area contributed by atoms with Gasteiger partial charge in [0.25, 0.3) is 0 Å². The first-order chi connectivity index (χ1) is 9.03. The van der Waals surface area contributed by atoms with Crippen molar-refractivity contribution in [1.29, 1.82) is 0 Å². The van der Waals surface area contributed by atoms with Crippen LogP contribution in [0.15, 0.2) is 30.3 Å². The Bertz CT molecular complexity index is 466. The Balaban J connectivity index is 2.06. The van der Waals surface area contributed by atoms with Crippen LogP contribution in [0.3, 0.4) is 0 Å². The average molecular weight is 261 g/mol. The summed E-state index contributed by atoms with van der Waals surface area (Å²) >= 11 is 0. The third kappa shape index (κ3) is 2.95. The number of carbonyl (C=O) groups is 2. The smallest absolute Gasteiger partial charge is 0.325 e. The molecule has 0 saturated heterocycles. The number of hydrogen-bond donors (Lipinski definition) is 2. The molecule has 1 aromatic rings. The number of carboxylic acid groups (broad SMARTS) is 1. The SMILES string of the molecule is CC(NC(=O)C1(Cc2ccccc2)CCC1)C(=O)O. The minimum atomic E-state index is -0.998. The van der Waals surface area contributed by atoms with Crippen molar-refractivity contribution in [3.8, 4) is 0 Å². The number of carboxylic acids is 1. The molecule has 0 heterocycles. The number of hydrogen-bond acceptors (Lipinski definition) is 2. The summed E-state index contributed by atoms with van der Waals surface area (Å²) in [5.74, 6) is -1.12. The zero-order valence-corrected chi connectivity index (χ0v) is 11.1. The summed E-state index contributed by atoms with van der Waals surface area (Å²) in [6.45, 7) is 1.50. The van der Waals surface area contributed by atoms with E-state index in [2.05, 4.69) is 5.32 Å². The summed E-state index contributed by atoms with van der Waals surface area (Å²) in [6.07, 6.45) is 3.38. The van der Waals surface area contributed by atoms with Crippen LogP contribution in [-0.4, -0.2) is 23.0 Å². The van der Waals surface area contributed by atoms with Crippen LogP contribution in [0.1, 0.15) is 31.7 Å². The molecule has 1 fully saturated rings. The Morgan fingerprint density at radius 1 is 1.32 bits per heavy atom. The Hall–Kier alpha value is -1.84. The molecule has 0 aromatic heterocycles. The molecule has 2 rings (SSSR count). The van der Waals surface area contributed by atoms with E-state index < -0.39 is 17.4 Å². The Labute approximate surface area is 112 Å². The summed E-state index contributed by atoms with van der Waals surface area (Å²) < 4.78 is 0. The summed E-state index contributed by atoms with van der Waals surface area (Å²) in [6, 6.07) is 9.05. The predicted octanol–water partition coefficient (Wildman–Crippen LogP) is 1.99. The van der Waals surface area contributed by atoms with E-state index in [9.17, 15) is 9.59 Å². The van der Waals surface area contributed by atoms with Crippen LogP contribution < -0.4 is 5.32 Å². The van der Waals surface area contributed by atoms with Crippen LogP contribution in [0.4, 0.5) is 0 Å². The van der Waals surface area contributed by atoms with Gasteiger partial charge in [-0.15, -0.1) is 0 Å². The minimum absolute atomic E-state index is 0.127. The van der Waals surface area contributed by atoms with Gasteiger partial charge in [-0.3, -0.25) is 9.59 Å². The van der Waals surface area contributed by atoms with E-state index in [1.807, 2.05) is 30.3 Å². The van der Waals surface area contributed by atoms with E-state index in [-0.39, 0.29) is 5.91 Å². The molecule has 0 bridgehead atoms. The molecule has 1 amide bonds. The molecule has 1 aliphatic carbocycles. The van der Waals surface area contributed by atoms with Gasteiger partial charge < -0.3 is 10.4 Å². The fourth-order valence-corrected chi connectivity index (χ4v) is 2.49. The van der Waals surface area contributed by atoms with Gasteiger partial charge in [-0.2, -0.15) is 0 Å². The molecule has 4 nitrogen and oxygen atoms in total. The van der Waals surface area contributed by atoms with E-state index in [4.69, 9.17) is 5.11 Å². The van der Waals surface area contributed by atoms with Crippen molar-refractivity contribution in [2.75, 3.05) is 0 Å². The number of benzene rings is 1. The third-order valence-corrected chi connectivity index (χ3v) is 3.90. The van der Waals surface area contributed by atoms with Crippen molar-refractivity contribution >= 4 is 11.9 Å². The van der Waals surface area contributed by atoms with Crippen LogP contribution in [0.5, 0.6) is 0 Å². The van der Waals surface area contributed by atoms with Gasteiger partial charge in [0, 0.05) is 0 Å². The number of nitrogens with one attached hydrogen (secondary N) is 1. The van der Waals surface area contributed by atoms with Gasteiger partial charge in [-0.25, -0.2) is 0 Å². The molecule has 102 valence electrons. The maximum Gasteiger partial charge on any atom is 0.325 e. The highest BCUT2D eigenvalue weighted by atomic mass is 16.4. The summed E-state index contributed by atoms with van der Waals surface area (Å²) in [4.78, 5) is 23.1. The van der Waals surface area contributed by atoms with Crippen molar-refractivity contribution in [1.82, 2.24) is 5.32 Å². The molecule has 0 spiro atoms. The van der Waals surface area contributed by atoms with E-state index in [0.29, 0.717) is 6.42 Å². The largest absolute Gasteiger partial charge is 0.480 e. The van der Waals surface area contributed by atoms with Crippen LogP contribution in [0.2, 0.25) is 0 Å². The monoisotopic (exact) mass is 261 g/mol. The number of amides is 1. The molecule has 0 aliphatic heterocycles. The van der Waals surface area contributed by atoms with Crippen molar-refractivity contribution < 1.29 is 14.7 Å². The van der Waals surface area contributed by atoms with Gasteiger partial charge in [0.2, 0.25) is 5.91 Å². The normalized spacial score (nSPS) is 18.2. The molecular formula is C15H19NO3. The quantitative estimate of drug-likeness (QED) is 0.851. The van der Waals surface area contributed by atoms with E-state index in [1.165, 1.54) is 6.92 Å². The van der Waals surface area contributed by atoms with Gasteiger partial charge in [0.1, 0.15) is 6.04 Å². The highest BCUT2D eigenvalue weighted by Gasteiger charge is 2.44. The lowest BCUT2D eigenvalue weighted by atomic mass is 9.64. The van der Waals surface area contributed by atoms with Gasteiger partial charge in [-0.1, -0.05) is 36.8 Å². The lowest BCUT2D eigenvalue weighted by Crippen LogP contribution is -2.51. The average Bonchev–Trinajstić information content (AvgIpc) is 2.34. The topological polar surface area (TPSA) is 66.4 Å². The van der Waals surface area contributed by atoms with E-state index in [1.54, 1.807) is 0 Å². The first-order valence-electron chi connectivity index (χ1n) is 6.61. The number of rotatable bonds is 5. The maximum atomic E-state index is 12.3. The fraction of sp³-hybridized carbons (Fsp3) is 0.467. The van der Waals surface area contributed by atoms with Gasteiger partial charge >= 0.3 is 5.97 Å². The van der Waals surface area contributed by atoms with Gasteiger partial charge in [-0.05, 0) is 31.7 Å². The summed E-state index contributed by atoms with van der Waals surface area (Å²) in [5, 5.41) is 11.5. The Morgan fingerprint density at radius 2 is 1.95 bits per heavy atom. The third-order valence-electron chi connectivity index (χ3n) is 3.90. The Morgan fingerprint density at radius 3 is 2.42 bits per heavy atom. The molecule has 2 N–H and O–H groups in total. The lowest BCUT2D eigenvalue weighted by Gasteiger charge is -2.40. The molecule has 0 radical (unpaired) electrons. The molecule has 1 saturated carbocycles. The van der Waals surface area contributed by atoms with E-state index in [0.717, 1.165) is 24.8 Å².